The molecule has 86 valence electrons. The molecular weight excluding hydrogens is 237 g/mol. The normalized spacial score (nSPS) is 13.4. The fourth-order valence-electron chi connectivity index (χ4n) is 0.652. The average molecular weight is 246 g/mol. The van der Waals surface area contributed by atoms with Gasteiger partial charge in [-0.2, -0.15) is 13.2 Å². The van der Waals surface area contributed by atoms with Gasteiger partial charge in [-0.05, 0) is 0 Å². The topological polar surface area (TPSA) is 77.8 Å². The number of carboxylic acids is 1. The second-order valence-corrected chi connectivity index (χ2v) is 3.05. The molecule has 0 spiro atoms. The number of alkyl halides is 3. The number of quaternary nitrogens is 1. The second kappa shape index (κ2) is 5.13. The van der Waals surface area contributed by atoms with Crippen LogP contribution < -0.4 is 5.32 Å². The van der Waals surface area contributed by atoms with Crippen LogP contribution >= 0.6 is 11.6 Å². The molecule has 0 saturated heterocycles. The Morgan fingerprint density at radius 3 is 2.33 bits per heavy atom. The molecule has 0 bridgehead atoms. The molecule has 0 heterocycles. The molecule has 0 saturated carbocycles. The van der Waals surface area contributed by atoms with Crippen LogP contribution in [0.3, 0.4) is 0 Å². The summed E-state index contributed by atoms with van der Waals surface area (Å²) < 4.78 is 36.0. The summed E-state index contributed by atoms with van der Waals surface area (Å²) in [5.74, 6) is -1.18. The Labute approximate surface area is 88.2 Å². The van der Waals surface area contributed by atoms with Crippen LogP contribution in [0.2, 0.25) is 0 Å². The zero-order valence-corrected chi connectivity index (χ0v) is 8.41. The number of halogens is 4. The second-order valence-electron chi connectivity index (χ2n) is 2.67. The first-order valence-electron chi connectivity index (χ1n) is 3.73. The van der Waals surface area contributed by atoms with E-state index in [4.69, 9.17) is 22.1 Å². The van der Waals surface area contributed by atoms with Crippen molar-refractivity contribution < 1.29 is 28.4 Å². The van der Waals surface area contributed by atoms with Gasteiger partial charge in [0.15, 0.2) is 12.3 Å². The first kappa shape index (κ1) is 13.9. The van der Waals surface area contributed by atoms with Gasteiger partial charge in [-0.25, -0.2) is 4.79 Å². The minimum atomic E-state index is -4.82. The lowest BCUT2D eigenvalue weighted by molar-refractivity contribution is -0.596. The van der Waals surface area contributed by atoms with Crippen LogP contribution in [0.5, 0.6) is 0 Å². The van der Waals surface area contributed by atoms with Gasteiger partial charge in [0.2, 0.25) is 0 Å². The van der Waals surface area contributed by atoms with Gasteiger partial charge < -0.3 is 10.4 Å². The average Bonchev–Trinajstić information content (AvgIpc) is 2.10. The zero-order chi connectivity index (χ0) is 12.2. The first-order valence-corrected chi connectivity index (χ1v) is 4.11. The zero-order valence-electron chi connectivity index (χ0n) is 7.65. The number of hydrogen-bond acceptors (Lipinski definition) is 2. The summed E-state index contributed by atoms with van der Waals surface area (Å²) in [6.07, 6.45) is -4.82. The highest BCUT2D eigenvalue weighted by Crippen LogP contribution is 2.23. The molecular formula is C7H9ClF3N2O2+. The first-order chi connectivity index (χ1) is 6.66. The van der Waals surface area contributed by atoms with E-state index < -0.39 is 29.4 Å². The summed E-state index contributed by atoms with van der Waals surface area (Å²) in [5, 5.41) is 15.2. The highest BCUT2D eigenvalue weighted by molar-refractivity contribution is 6.44. The summed E-state index contributed by atoms with van der Waals surface area (Å²) >= 11 is 5.26. The van der Waals surface area contributed by atoms with Crippen LogP contribution in [-0.2, 0) is 4.79 Å². The van der Waals surface area contributed by atoms with Crippen LogP contribution in [-0.4, -0.2) is 29.5 Å². The van der Waals surface area contributed by atoms with Crippen molar-refractivity contribution >= 4 is 23.3 Å². The lowest BCUT2D eigenvalue weighted by atomic mass is 10.3. The van der Waals surface area contributed by atoms with Gasteiger partial charge in [-0.15, -0.1) is 0 Å². The SMILES string of the molecule is CC([NH2+]CC(=O)O)=C(Cl)C(=N)C(F)(F)F. The van der Waals surface area contributed by atoms with Crippen molar-refractivity contribution in [1.82, 2.24) is 0 Å². The minimum absolute atomic E-state index is 0.0820. The molecule has 0 amide bonds. The molecule has 0 unspecified atom stereocenters. The Kier molecular flexibility index (Phi) is 4.76. The lowest BCUT2D eigenvalue weighted by Gasteiger charge is -2.08. The van der Waals surface area contributed by atoms with E-state index in [9.17, 15) is 18.0 Å². The van der Waals surface area contributed by atoms with Crippen molar-refractivity contribution in [2.75, 3.05) is 6.54 Å². The molecule has 0 rings (SSSR count). The summed E-state index contributed by atoms with van der Waals surface area (Å²) in [5.41, 5.74) is -1.76. The van der Waals surface area contributed by atoms with Crippen LogP contribution in [0.15, 0.2) is 10.7 Å². The van der Waals surface area contributed by atoms with E-state index in [1.165, 1.54) is 6.92 Å². The van der Waals surface area contributed by atoms with Crippen molar-refractivity contribution in [2.24, 2.45) is 0 Å². The van der Waals surface area contributed by atoms with E-state index in [-0.39, 0.29) is 5.70 Å². The minimum Gasteiger partial charge on any atom is -0.477 e. The van der Waals surface area contributed by atoms with E-state index in [1.54, 1.807) is 0 Å². The predicted octanol–water partition coefficient (Wildman–Crippen LogP) is 0.687. The quantitative estimate of drug-likeness (QED) is 0.637. The molecule has 0 fully saturated rings. The molecule has 4 nitrogen and oxygen atoms in total. The molecule has 4 N–H and O–H groups in total. The third-order valence-corrected chi connectivity index (χ3v) is 1.92. The largest absolute Gasteiger partial charge is 0.477 e. The number of hydrogen-bond donors (Lipinski definition) is 3. The fraction of sp³-hybridized carbons (Fsp3) is 0.429. The molecule has 0 aromatic heterocycles. The van der Waals surface area contributed by atoms with Crippen LogP contribution in [0.25, 0.3) is 0 Å². The van der Waals surface area contributed by atoms with E-state index in [0.29, 0.717) is 0 Å². The summed E-state index contributed by atoms with van der Waals surface area (Å²) in [6, 6.07) is 0. The maximum atomic E-state index is 12.0. The number of aliphatic carboxylic acids is 1. The Hall–Kier alpha value is -1.08. The highest BCUT2D eigenvalue weighted by Gasteiger charge is 2.37. The Morgan fingerprint density at radius 2 is 2.00 bits per heavy atom. The van der Waals surface area contributed by atoms with Crippen molar-refractivity contribution in [3.63, 3.8) is 0 Å². The van der Waals surface area contributed by atoms with Crippen molar-refractivity contribution in [2.45, 2.75) is 13.1 Å². The molecule has 0 aromatic carbocycles. The summed E-state index contributed by atoms with van der Waals surface area (Å²) in [4.78, 5) is 10.1. The number of carboxylic acid groups (broad SMARTS) is 1. The van der Waals surface area contributed by atoms with Gasteiger partial charge in [-0.1, -0.05) is 11.6 Å². The lowest BCUT2D eigenvalue weighted by Crippen LogP contribution is -2.83. The van der Waals surface area contributed by atoms with Gasteiger partial charge >= 0.3 is 12.1 Å². The number of allylic oxidation sites excluding steroid dienone is 2. The Morgan fingerprint density at radius 1 is 1.53 bits per heavy atom. The van der Waals surface area contributed by atoms with E-state index in [1.807, 2.05) is 0 Å². The number of rotatable bonds is 4. The van der Waals surface area contributed by atoms with Crippen molar-refractivity contribution in [1.29, 1.82) is 5.41 Å². The molecule has 0 aromatic rings. The van der Waals surface area contributed by atoms with Gasteiger partial charge in [0, 0.05) is 6.92 Å². The van der Waals surface area contributed by atoms with Crippen LogP contribution in [0.1, 0.15) is 6.92 Å². The summed E-state index contributed by atoms with van der Waals surface area (Å²) in [6.45, 7) is 0.777. The molecule has 8 heteroatoms. The standard InChI is InChI=1S/C7H8ClF3N2O2/c1-3(13-2-4(14)15)5(8)6(12)7(9,10)11/h12-13H,2H2,1H3,(H,14,15)/p+1. The molecule has 0 radical (unpaired) electrons. The molecule has 15 heavy (non-hydrogen) atoms. The van der Waals surface area contributed by atoms with Crippen molar-refractivity contribution in [3.05, 3.63) is 10.7 Å². The predicted molar refractivity (Wildman–Crippen MR) is 46.8 cm³/mol. The highest BCUT2D eigenvalue weighted by atomic mass is 35.5. The van der Waals surface area contributed by atoms with Gasteiger partial charge in [0.1, 0.15) is 10.7 Å². The van der Waals surface area contributed by atoms with E-state index in [0.717, 1.165) is 5.32 Å². The molecule has 0 aliphatic heterocycles. The van der Waals surface area contributed by atoms with Crippen LogP contribution in [0, 0.1) is 5.41 Å². The Balaban J connectivity index is 4.65. The summed E-state index contributed by atoms with van der Waals surface area (Å²) in [7, 11) is 0. The van der Waals surface area contributed by atoms with Gasteiger partial charge in [0.25, 0.3) is 0 Å². The van der Waals surface area contributed by atoms with Gasteiger partial charge in [-0.3, -0.25) is 5.41 Å². The monoisotopic (exact) mass is 245 g/mol. The molecule has 0 aliphatic carbocycles. The van der Waals surface area contributed by atoms with Gasteiger partial charge in [0.05, 0.1) is 0 Å². The van der Waals surface area contributed by atoms with Crippen LogP contribution in [0.4, 0.5) is 13.2 Å². The maximum Gasteiger partial charge on any atom is 0.434 e. The number of carbonyl (C=O) groups is 1. The van der Waals surface area contributed by atoms with E-state index in [2.05, 4.69) is 0 Å². The molecule has 0 atom stereocenters. The maximum absolute atomic E-state index is 12.0. The fourth-order valence-corrected chi connectivity index (χ4v) is 0.836. The molecule has 0 aliphatic rings. The number of nitrogens with one attached hydrogen (secondary N) is 1. The smallest absolute Gasteiger partial charge is 0.434 e. The third-order valence-electron chi connectivity index (χ3n) is 1.43. The third kappa shape index (κ3) is 4.80. The van der Waals surface area contributed by atoms with E-state index >= 15 is 0 Å². The van der Waals surface area contributed by atoms with Crippen molar-refractivity contribution in [3.8, 4) is 0 Å². The number of nitrogens with two attached hydrogens (primary N) is 1. The Bertz CT molecular complexity index is 312.